The molecule has 4 heteroatoms. The number of hydrogen-bond donors (Lipinski definition) is 0. The summed E-state index contributed by atoms with van der Waals surface area (Å²) < 4.78 is 14.3. The highest BCUT2D eigenvalue weighted by Gasteiger charge is 2.11. The van der Waals surface area contributed by atoms with Crippen molar-refractivity contribution in [2.45, 2.75) is 26.7 Å². The summed E-state index contributed by atoms with van der Waals surface area (Å²) >= 11 is 3.20. The van der Waals surface area contributed by atoms with Crippen LogP contribution >= 0.6 is 15.9 Å². The van der Waals surface area contributed by atoms with Crippen LogP contribution in [0.2, 0.25) is 0 Å². The van der Waals surface area contributed by atoms with Gasteiger partial charge in [0.25, 0.3) is 0 Å². The number of halogens is 2. The van der Waals surface area contributed by atoms with E-state index in [4.69, 9.17) is 0 Å². The van der Waals surface area contributed by atoms with Crippen LogP contribution in [0, 0.1) is 5.82 Å². The highest BCUT2D eigenvalue weighted by Crippen LogP contribution is 2.20. The Morgan fingerprint density at radius 1 is 1.47 bits per heavy atom. The molecule has 0 saturated heterocycles. The molecule has 84 valence electrons. The van der Waals surface area contributed by atoms with Crippen molar-refractivity contribution in [2.24, 2.45) is 0 Å². The van der Waals surface area contributed by atoms with Gasteiger partial charge in [-0.2, -0.15) is 0 Å². The van der Waals surface area contributed by atoms with E-state index in [1.54, 1.807) is 6.20 Å². The first-order valence-electron chi connectivity index (χ1n) is 5.25. The Kier molecular flexibility index (Phi) is 5.02. The quantitative estimate of drug-likeness (QED) is 0.816. The van der Waals surface area contributed by atoms with Gasteiger partial charge in [-0.25, -0.2) is 9.37 Å². The first kappa shape index (κ1) is 12.4. The van der Waals surface area contributed by atoms with E-state index in [0.717, 1.165) is 25.9 Å². The zero-order valence-corrected chi connectivity index (χ0v) is 10.7. The lowest BCUT2D eigenvalue weighted by molar-refractivity contribution is 0.604. The molecule has 1 rings (SSSR count). The summed E-state index contributed by atoms with van der Waals surface area (Å²) in [5.41, 5.74) is 0. The molecule has 1 aromatic heterocycles. The highest BCUT2D eigenvalue weighted by molar-refractivity contribution is 9.10. The Balaban J connectivity index is 2.81. The molecule has 1 heterocycles. The smallest absolute Gasteiger partial charge is 0.166 e. The molecule has 15 heavy (non-hydrogen) atoms. The molecule has 0 aliphatic rings. The molecule has 0 amide bonds. The van der Waals surface area contributed by atoms with E-state index in [2.05, 4.69) is 27.8 Å². The summed E-state index contributed by atoms with van der Waals surface area (Å²) in [4.78, 5) is 6.07. The molecule has 0 unspecified atom stereocenters. The van der Waals surface area contributed by atoms with E-state index >= 15 is 0 Å². The minimum Gasteiger partial charge on any atom is -0.354 e. The van der Waals surface area contributed by atoms with Crippen LogP contribution in [0.25, 0.3) is 0 Å². The number of unbranched alkanes of at least 4 members (excludes halogenated alkanes) is 1. The van der Waals surface area contributed by atoms with Crippen LogP contribution in [0.1, 0.15) is 26.7 Å². The zero-order chi connectivity index (χ0) is 11.3. The molecule has 0 radical (unpaired) electrons. The van der Waals surface area contributed by atoms with E-state index in [-0.39, 0.29) is 5.82 Å². The first-order chi connectivity index (χ1) is 7.19. The minimum absolute atomic E-state index is 0.262. The Bertz CT molecular complexity index is 317. The largest absolute Gasteiger partial charge is 0.354 e. The molecular formula is C11H16BrFN2. The van der Waals surface area contributed by atoms with E-state index in [1.165, 1.54) is 6.07 Å². The third-order valence-electron chi connectivity index (χ3n) is 2.25. The van der Waals surface area contributed by atoms with Crippen LogP contribution in [-0.2, 0) is 0 Å². The van der Waals surface area contributed by atoms with Gasteiger partial charge in [-0.05, 0) is 35.3 Å². The second-order valence-corrected chi connectivity index (χ2v) is 4.31. The summed E-state index contributed by atoms with van der Waals surface area (Å²) in [7, 11) is 0. The van der Waals surface area contributed by atoms with Gasteiger partial charge >= 0.3 is 0 Å². The molecule has 0 saturated carbocycles. The average Bonchev–Trinajstić information content (AvgIpc) is 2.21. The van der Waals surface area contributed by atoms with Crippen molar-refractivity contribution in [3.63, 3.8) is 0 Å². The molecule has 0 aromatic carbocycles. The standard InChI is InChI=1S/C11H16BrFN2/c1-3-5-6-15(4-2)11-10(13)7-9(12)8-14-11/h7-8H,3-6H2,1-2H3. The predicted molar refractivity (Wildman–Crippen MR) is 64.7 cm³/mol. The molecule has 0 spiro atoms. The van der Waals surface area contributed by atoms with E-state index in [0.29, 0.717) is 10.3 Å². The van der Waals surface area contributed by atoms with Gasteiger partial charge in [-0.15, -0.1) is 0 Å². The maximum absolute atomic E-state index is 13.6. The van der Waals surface area contributed by atoms with Crippen LogP contribution in [0.5, 0.6) is 0 Å². The Morgan fingerprint density at radius 3 is 2.73 bits per heavy atom. The fraction of sp³-hybridized carbons (Fsp3) is 0.545. The zero-order valence-electron chi connectivity index (χ0n) is 9.13. The first-order valence-corrected chi connectivity index (χ1v) is 6.04. The predicted octanol–water partition coefficient (Wildman–Crippen LogP) is 3.61. The second kappa shape index (κ2) is 6.05. The summed E-state index contributed by atoms with van der Waals surface area (Å²) in [5, 5.41) is 0. The van der Waals surface area contributed by atoms with Gasteiger partial charge in [0.05, 0.1) is 0 Å². The molecule has 2 nitrogen and oxygen atoms in total. The van der Waals surface area contributed by atoms with Crippen molar-refractivity contribution in [3.05, 3.63) is 22.6 Å². The summed E-state index contributed by atoms with van der Waals surface area (Å²) in [6.07, 6.45) is 3.80. The van der Waals surface area contributed by atoms with Crippen molar-refractivity contribution in [1.29, 1.82) is 0 Å². The van der Waals surface area contributed by atoms with Gasteiger partial charge in [0, 0.05) is 23.8 Å². The number of pyridine rings is 1. The topological polar surface area (TPSA) is 16.1 Å². The van der Waals surface area contributed by atoms with Crippen LogP contribution in [0.3, 0.4) is 0 Å². The number of rotatable bonds is 5. The van der Waals surface area contributed by atoms with Crippen LogP contribution in [-0.4, -0.2) is 18.1 Å². The fourth-order valence-electron chi connectivity index (χ4n) is 1.40. The third kappa shape index (κ3) is 3.45. The van der Waals surface area contributed by atoms with Gasteiger partial charge in [0.2, 0.25) is 0 Å². The molecule has 1 aromatic rings. The van der Waals surface area contributed by atoms with Gasteiger partial charge in [-0.1, -0.05) is 13.3 Å². The van der Waals surface area contributed by atoms with Crippen molar-refractivity contribution in [1.82, 2.24) is 4.98 Å². The van der Waals surface area contributed by atoms with E-state index in [1.807, 2.05) is 11.8 Å². The molecule has 0 aliphatic carbocycles. The monoisotopic (exact) mass is 274 g/mol. The number of nitrogens with zero attached hydrogens (tertiary/aromatic N) is 2. The fourth-order valence-corrected chi connectivity index (χ4v) is 1.71. The summed E-state index contributed by atoms with van der Waals surface area (Å²) in [6.45, 7) is 5.78. The lowest BCUT2D eigenvalue weighted by Gasteiger charge is -2.21. The van der Waals surface area contributed by atoms with Gasteiger partial charge in [-0.3, -0.25) is 0 Å². The second-order valence-electron chi connectivity index (χ2n) is 3.39. The van der Waals surface area contributed by atoms with Crippen LogP contribution in [0.15, 0.2) is 16.7 Å². The number of hydrogen-bond acceptors (Lipinski definition) is 2. The molecule has 0 aliphatic heterocycles. The van der Waals surface area contributed by atoms with Crippen molar-refractivity contribution in [3.8, 4) is 0 Å². The normalized spacial score (nSPS) is 10.4. The lowest BCUT2D eigenvalue weighted by Crippen LogP contribution is -2.25. The highest BCUT2D eigenvalue weighted by atomic mass is 79.9. The van der Waals surface area contributed by atoms with Crippen LogP contribution < -0.4 is 4.90 Å². The van der Waals surface area contributed by atoms with Crippen molar-refractivity contribution in [2.75, 3.05) is 18.0 Å². The number of aromatic nitrogens is 1. The summed E-state index contributed by atoms with van der Waals surface area (Å²) in [5.74, 6) is 0.191. The molecule has 0 bridgehead atoms. The Labute approximate surface area is 98.6 Å². The molecular weight excluding hydrogens is 259 g/mol. The maximum atomic E-state index is 13.6. The van der Waals surface area contributed by atoms with E-state index in [9.17, 15) is 4.39 Å². The van der Waals surface area contributed by atoms with Gasteiger partial charge < -0.3 is 4.90 Å². The molecule has 0 fully saturated rings. The minimum atomic E-state index is -0.262. The van der Waals surface area contributed by atoms with Crippen molar-refractivity contribution < 1.29 is 4.39 Å². The SMILES string of the molecule is CCCCN(CC)c1ncc(Br)cc1F. The van der Waals surface area contributed by atoms with Gasteiger partial charge in [0.15, 0.2) is 11.6 Å². The molecule has 0 N–H and O–H groups in total. The third-order valence-corrected chi connectivity index (χ3v) is 2.68. The van der Waals surface area contributed by atoms with Gasteiger partial charge in [0.1, 0.15) is 0 Å². The van der Waals surface area contributed by atoms with Crippen LogP contribution in [0.4, 0.5) is 10.2 Å². The maximum Gasteiger partial charge on any atom is 0.166 e. The Morgan fingerprint density at radius 2 is 2.20 bits per heavy atom. The lowest BCUT2D eigenvalue weighted by atomic mass is 10.3. The summed E-state index contributed by atoms with van der Waals surface area (Å²) in [6, 6.07) is 1.46. The average molecular weight is 275 g/mol. The molecule has 0 atom stereocenters. The number of anilines is 1. The van der Waals surface area contributed by atoms with Crippen molar-refractivity contribution >= 4 is 21.7 Å². The van der Waals surface area contributed by atoms with E-state index < -0.39 is 0 Å². The Hall–Kier alpha value is -0.640.